The molecule has 6 nitrogen and oxygen atoms in total. The van der Waals surface area contributed by atoms with Gasteiger partial charge in [0.15, 0.2) is 11.6 Å². The number of ether oxygens (including phenoxy) is 2. The summed E-state index contributed by atoms with van der Waals surface area (Å²) in [6.07, 6.45) is 9.13. The summed E-state index contributed by atoms with van der Waals surface area (Å²) in [5.74, 6) is 1.14. The van der Waals surface area contributed by atoms with E-state index >= 15 is 0 Å². The summed E-state index contributed by atoms with van der Waals surface area (Å²) in [4.78, 5) is 16.6. The number of hydrogen-bond acceptors (Lipinski definition) is 7. The number of nitrogens with one attached hydrogen (secondary N) is 1. The molecule has 1 saturated heterocycles. The Labute approximate surface area is 168 Å². The molecule has 5 rings (SSSR count). The van der Waals surface area contributed by atoms with Crippen LogP contribution in [0.1, 0.15) is 36.6 Å². The predicted octanol–water partition coefficient (Wildman–Crippen LogP) is 4.20. The summed E-state index contributed by atoms with van der Waals surface area (Å²) < 4.78 is 11.5. The summed E-state index contributed by atoms with van der Waals surface area (Å²) in [6, 6.07) is 3.93. The van der Waals surface area contributed by atoms with Gasteiger partial charge in [0, 0.05) is 35.8 Å². The fourth-order valence-electron chi connectivity index (χ4n) is 4.02. The first-order valence-corrected chi connectivity index (χ1v) is 10.8. The summed E-state index contributed by atoms with van der Waals surface area (Å²) >= 11 is 1.82. The van der Waals surface area contributed by atoms with Gasteiger partial charge in [-0.1, -0.05) is 0 Å². The number of thiophene rings is 1. The monoisotopic (exact) mass is 396 g/mol. The maximum absolute atomic E-state index is 5.73. The summed E-state index contributed by atoms with van der Waals surface area (Å²) in [6.45, 7) is 4.07. The van der Waals surface area contributed by atoms with Gasteiger partial charge >= 0.3 is 0 Å². The lowest BCUT2D eigenvalue weighted by molar-refractivity contribution is -0.144. The summed E-state index contributed by atoms with van der Waals surface area (Å²) in [5.41, 5.74) is 2.37. The molecule has 28 heavy (non-hydrogen) atoms. The Balaban J connectivity index is 1.51. The molecule has 0 radical (unpaired) electrons. The molecule has 1 N–H and O–H groups in total. The zero-order valence-electron chi connectivity index (χ0n) is 16.0. The zero-order chi connectivity index (χ0) is 19.0. The average molecular weight is 397 g/mol. The number of pyridine rings is 1. The van der Waals surface area contributed by atoms with Crippen LogP contribution >= 0.6 is 11.3 Å². The number of aryl methyl sites for hydroxylation is 2. The molecular weight excluding hydrogens is 372 g/mol. The largest absolute Gasteiger partial charge is 0.369 e. The molecule has 0 saturated carbocycles. The van der Waals surface area contributed by atoms with E-state index in [1.54, 1.807) is 6.20 Å². The molecule has 1 aliphatic carbocycles. The van der Waals surface area contributed by atoms with Crippen LogP contribution in [-0.2, 0) is 22.3 Å². The van der Waals surface area contributed by atoms with Crippen LogP contribution in [0.2, 0.25) is 0 Å². The topological polar surface area (TPSA) is 69.2 Å². The first-order chi connectivity index (χ1) is 13.7. The average Bonchev–Trinajstić information content (AvgIpc) is 3.32. The molecule has 0 atom stereocenters. The van der Waals surface area contributed by atoms with Gasteiger partial charge < -0.3 is 14.8 Å². The molecule has 146 valence electrons. The molecule has 0 aromatic carbocycles. The second-order valence-corrected chi connectivity index (χ2v) is 8.62. The third-order valence-corrected chi connectivity index (χ3v) is 6.69. The van der Waals surface area contributed by atoms with Crippen molar-refractivity contribution in [3.05, 3.63) is 35.0 Å². The molecular formula is C21H24N4O2S. The Morgan fingerprint density at radius 1 is 1.18 bits per heavy atom. The smallest absolute Gasteiger partial charge is 0.167 e. The third-order valence-electron chi connectivity index (χ3n) is 5.50. The molecule has 1 fully saturated rings. The van der Waals surface area contributed by atoms with Crippen LogP contribution in [0.5, 0.6) is 0 Å². The van der Waals surface area contributed by atoms with Gasteiger partial charge in [-0.15, -0.1) is 11.3 Å². The Kier molecular flexibility index (Phi) is 4.74. The molecule has 3 aromatic rings. The minimum absolute atomic E-state index is 0.501. The van der Waals surface area contributed by atoms with E-state index in [9.17, 15) is 0 Å². The highest BCUT2D eigenvalue weighted by molar-refractivity contribution is 7.19. The van der Waals surface area contributed by atoms with Crippen LogP contribution in [0.15, 0.2) is 24.5 Å². The molecule has 1 aliphatic heterocycles. The number of hydrogen-bond donors (Lipinski definition) is 1. The van der Waals surface area contributed by atoms with E-state index in [0.29, 0.717) is 13.2 Å². The second kappa shape index (κ2) is 7.39. The van der Waals surface area contributed by atoms with Crippen molar-refractivity contribution in [3.63, 3.8) is 0 Å². The SMILES string of the molecule is CC1(CCNc2nc(-c3cccnc3)nc3sc4c(c23)CCCC4)OCCO1. The van der Waals surface area contributed by atoms with E-state index in [2.05, 4.69) is 10.3 Å². The summed E-state index contributed by atoms with van der Waals surface area (Å²) in [7, 11) is 0. The highest BCUT2D eigenvalue weighted by Gasteiger charge is 2.30. The molecule has 0 amide bonds. The number of aromatic nitrogens is 3. The van der Waals surface area contributed by atoms with Crippen molar-refractivity contribution >= 4 is 27.4 Å². The predicted molar refractivity (Wildman–Crippen MR) is 111 cm³/mol. The second-order valence-electron chi connectivity index (χ2n) is 7.54. The fourth-order valence-corrected chi connectivity index (χ4v) is 5.28. The van der Waals surface area contributed by atoms with Crippen LogP contribution in [0.4, 0.5) is 5.82 Å². The van der Waals surface area contributed by atoms with Crippen molar-refractivity contribution in [2.24, 2.45) is 0 Å². The molecule has 2 aliphatic rings. The van der Waals surface area contributed by atoms with Crippen LogP contribution < -0.4 is 5.32 Å². The maximum atomic E-state index is 5.73. The lowest BCUT2D eigenvalue weighted by Crippen LogP contribution is -2.28. The normalized spacial score (nSPS) is 18.3. The third kappa shape index (κ3) is 3.38. The van der Waals surface area contributed by atoms with Gasteiger partial charge in [0.1, 0.15) is 10.6 Å². The number of rotatable bonds is 5. The van der Waals surface area contributed by atoms with Gasteiger partial charge in [-0.3, -0.25) is 4.98 Å². The van der Waals surface area contributed by atoms with Crippen molar-refractivity contribution < 1.29 is 9.47 Å². The fraction of sp³-hybridized carbons (Fsp3) is 0.476. The highest BCUT2D eigenvalue weighted by atomic mass is 32.1. The minimum atomic E-state index is -0.501. The van der Waals surface area contributed by atoms with Crippen molar-refractivity contribution in [1.82, 2.24) is 15.0 Å². The number of fused-ring (bicyclic) bond motifs is 3. The zero-order valence-corrected chi connectivity index (χ0v) is 16.8. The molecule has 3 aromatic heterocycles. The van der Waals surface area contributed by atoms with Crippen LogP contribution in [-0.4, -0.2) is 40.5 Å². The molecule has 0 spiro atoms. The van der Waals surface area contributed by atoms with Gasteiger partial charge in [-0.2, -0.15) is 0 Å². The molecule has 0 unspecified atom stereocenters. The minimum Gasteiger partial charge on any atom is -0.369 e. The van der Waals surface area contributed by atoms with Gasteiger partial charge in [0.05, 0.1) is 18.6 Å². The van der Waals surface area contributed by atoms with Crippen LogP contribution in [0.3, 0.4) is 0 Å². The van der Waals surface area contributed by atoms with Crippen LogP contribution in [0, 0.1) is 0 Å². The Bertz CT molecular complexity index is 983. The Hall–Kier alpha value is -2.09. The van der Waals surface area contributed by atoms with Gasteiger partial charge in [0.25, 0.3) is 0 Å². The van der Waals surface area contributed by atoms with E-state index in [4.69, 9.17) is 19.4 Å². The van der Waals surface area contributed by atoms with E-state index < -0.39 is 5.79 Å². The highest BCUT2D eigenvalue weighted by Crippen LogP contribution is 2.39. The standard InChI is InChI=1S/C21H24N4O2S/c1-21(26-11-12-27-21)8-10-23-19-17-15-6-2-3-7-16(15)28-20(17)25-18(24-19)14-5-4-9-22-13-14/h4-5,9,13H,2-3,6-8,10-12H2,1H3,(H,23,24,25). The van der Waals surface area contributed by atoms with Crippen molar-refractivity contribution in [2.75, 3.05) is 25.1 Å². The van der Waals surface area contributed by atoms with E-state index in [1.165, 1.54) is 28.7 Å². The first-order valence-electron chi connectivity index (χ1n) is 9.96. The number of anilines is 1. The van der Waals surface area contributed by atoms with Gasteiger partial charge in [-0.05, 0) is 50.3 Å². The molecule has 4 heterocycles. The van der Waals surface area contributed by atoms with Crippen LogP contribution in [0.25, 0.3) is 21.6 Å². The van der Waals surface area contributed by atoms with Gasteiger partial charge in [-0.25, -0.2) is 9.97 Å². The van der Waals surface area contributed by atoms with Crippen molar-refractivity contribution in [3.8, 4) is 11.4 Å². The van der Waals surface area contributed by atoms with Crippen molar-refractivity contribution in [1.29, 1.82) is 0 Å². The lowest BCUT2D eigenvalue weighted by Gasteiger charge is -2.22. The summed E-state index contributed by atoms with van der Waals surface area (Å²) in [5, 5.41) is 4.76. The molecule has 7 heteroatoms. The van der Waals surface area contributed by atoms with E-state index in [-0.39, 0.29) is 0 Å². The maximum Gasteiger partial charge on any atom is 0.167 e. The van der Waals surface area contributed by atoms with E-state index in [0.717, 1.165) is 47.8 Å². The Morgan fingerprint density at radius 2 is 2.04 bits per heavy atom. The lowest BCUT2D eigenvalue weighted by atomic mass is 9.97. The quantitative estimate of drug-likeness (QED) is 0.697. The van der Waals surface area contributed by atoms with Gasteiger partial charge in [0.2, 0.25) is 0 Å². The van der Waals surface area contributed by atoms with Crippen molar-refractivity contribution in [2.45, 2.75) is 44.8 Å². The number of nitrogens with zero attached hydrogens (tertiary/aromatic N) is 3. The first kappa shape index (κ1) is 18.0. The van der Waals surface area contributed by atoms with E-state index in [1.807, 2.05) is 36.6 Å². The molecule has 0 bridgehead atoms. The Morgan fingerprint density at radius 3 is 2.86 bits per heavy atom.